The lowest BCUT2D eigenvalue weighted by atomic mass is 10.2. The minimum absolute atomic E-state index is 0.254. The number of aryl methyl sites for hydroxylation is 2. The van der Waals surface area contributed by atoms with E-state index in [-0.39, 0.29) is 23.4 Å². The van der Waals surface area contributed by atoms with Crippen LogP contribution < -0.4 is 36.6 Å². The van der Waals surface area contributed by atoms with Crippen LogP contribution in [0.15, 0.2) is 91.6 Å². The van der Waals surface area contributed by atoms with Crippen LogP contribution in [0, 0.1) is 13.8 Å². The number of imidazole rings is 1. The summed E-state index contributed by atoms with van der Waals surface area (Å²) >= 11 is 15.4. The molecule has 2 amide bonds. The van der Waals surface area contributed by atoms with E-state index in [2.05, 4.69) is 61.8 Å². The van der Waals surface area contributed by atoms with Crippen molar-refractivity contribution in [2.45, 2.75) is 20.3 Å². The second-order valence-corrected chi connectivity index (χ2v) is 15.4. The molecule has 0 aliphatic rings. The number of nitrogens with one attached hydrogen (secondary N) is 7. The summed E-state index contributed by atoms with van der Waals surface area (Å²) in [6.45, 7) is 5.07. The molecule has 0 unspecified atom stereocenters. The van der Waals surface area contributed by atoms with Crippen LogP contribution in [-0.4, -0.2) is 61.4 Å². The third-order valence-electron chi connectivity index (χ3n) is 8.36. The highest BCUT2D eigenvalue weighted by Gasteiger charge is 2.18. The van der Waals surface area contributed by atoms with Crippen LogP contribution in [0.5, 0.6) is 5.75 Å². The van der Waals surface area contributed by atoms with Crippen molar-refractivity contribution in [3.8, 4) is 5.75 Å². The van der Waals surface area contributed by atoms with Crippen LogP contribution in [0.2, 0.25) is 10.0 Å². The summed E-state index contributed by atoms with van der Waals surface area (Å²) in [5.74, 6) is 2.17. The van der Waals surface area contributed by atoms with Gasteiger partial charge in [-0.1, -0.05) is 76.2 Å². The number of carbonyl (C=O) groups is 2. The first kappa shape index (κ1) is 39.9. The van der Waals surface area contributed by atoms with Crippen molar-refractivity contribution in [3.05, 3.63) is 128 Å². The van der Waals surface area contributed by atoms with Crippen LogP contribution in [0.4, 0.5) is 44.9 Å². The van der Waals surface area contributed by atoms with Crippen LogP contribution in [0.25, 0.3) is 0 Å². The number of nitrogens with zero attached hydrogens (tertiary/aromatic N) is 5. The maximum atomic E-state index is 13.3. The fourth-order valence-corrected chi connectivity index (χ4v) is 7.46. The number of aromatic amines is 1. The smallest absolute Gasteiger partial charge is 0.267 e. The molecule has 7 N–H and O–H groups in total. The number of thiazole rings is 2. The largest absolute Gasteiger partial charge is 0.490 e. The number of H-pyrrole nitrogens is 1. The number of hydrogen-bond donors (Lipinski definition) is 7. The summed E-state index contributed by atoms with van der Waals surface area (Å²) < 4.78 is 5.99. The van der Waals surface area contributed by atoms with Crippen LogP contribution in [-0.2, 0) is 6.42 Å². The number of halogens is 2. The average molecular weight is 856 g/mol. The van der Waals surface area contributed by atoms with Crippen molar-refractivity contribution in [2.75, 3.05) is 51.6 Å². The van der Waals surface area contributed by atoms with E-state index in [1.807, 2.05) is 62.4 Å². The maximum Gasteiger partial charge on any atom is 0.267 e. The molecular weight excluding hydrogens is 820 g/mol. The van der Waals surface area contributed by atoms with Crippen molar-refractivity contribution in [2.24, 2.45) is 0 Å². The van der Waals surface area contributed by atoms with Gasteiger partial charge in [-0.15, -0.1) is 0 Å². The van der Waals surface area contributed by atoms with Gasteiger partial charge >= 0.3 is 0 Å². The fourth-order valence-electron chi connectivity index (χ4n) is 5.44. The zero-order valence-electron chi connectivity index (χ0n) is 31.0. The molecule has 296 valence electrons. The Morgan fingerprint density at radius 3 is 1.91 bits per heavy atom. The minimum Gasteiger partial charge on any atom is -0.490 e. The third-order valence-corrected chi connectivity index (χ3v) is 10.9. The maximum absolute atomic E-state index is 13.3. The van der Waals surface area contributed by atoms with E-state index in [0.717, 1.165) is 23.2 Å². The number of rotatable bonds is 17. The van der Waals surface area contributed by atoms with E-state index in [4.69, 9.17) is 27.9 Å². The minimum atomic E-state index is -0.361. The molecule has 0 aliphatic heterocycles. The standard InChI is InChI=1S/C39H36Cl2N12O3S2/c1-22-6-3-7-25(40)34(22)52-36(54)27-19-45-38(57-27)51-32-11-5-9-30(49-32)44-16-17-56-26-13-12-23(2)35(33(26)41)53-37(55)28-20-46-39(58-28)50-31-10-4-8-29(48-31)43-15-14-24-18-42-21-47-24/h3-13,18-21H,14-17H2,1-2H3,(H,42,47)(H,52,54)(H,53,55)(H2,43,46,48,50)(H2,44,45,49,51). The Balaban J connectivity index is 0.883. The molecule has 7 aromatic rings. The second kappa shape index (κ2) is 18.8. The van der Waals surface area contributed by atoms with Gasteiger partial charge < -0.3 is 41.6 Å². The molecule has 19 heteroatoms. The first-order chi connectivity index (χ1) is 28.2. The summed E-state index contributed by atoms with van der Waals surface area (Å²) in [4.78, 5) is 51.9. The molecule has 0 bridgehead atoms. The molecule has 5 aromatic heterocycles. The number of hydrogen-bond acceptors (Lipinski definition) is 14. The van der Waals surface area contributed by atoms with Gasteiger partial charge in [-0.3, -0.25) is 9.59 Å². The van der Waals surface area contributed by atoms with E-state index in [1.165, 1.54) is 35.1 Å². The molecule has 0 fully saturated rings. The van der Waals surface area contributed by atoms with Crippen molar-refractivity contribution in [3.63, 3.8) is 0 Å². The molecule has 0 aliphatic carbocycles. The number of pyridine rings is 2. The first-order valence-electron chi connectivity index (χ1n) is 17.8. The number of anilines is 8. The number of benzene rings is 2. The molecule has 5 heterocycles. The quantitative estimate of drug-likeness (QED) is 0.0430. The van der Waals surface area contributed by atoms with Gasteiger partial charge in [-0.2, -0.15) is 0 Å². The SMILES string of the molecule is Cc1cccc(Cl)c1NC(=O)c1cnc(Nc2cccc(NCCOc3ccc(C)c(NC(=O)c4cnc(Nc5cccc(NCCc6cnc[nH]6)n5)s4)c3Cl)n2)s1. The predicted molar refractivity (Wildman–Crippen MR) is 232 cm³/mol. The fraction of sp³-hybridized carbons (Fsp3) is 0.154. The Labute approximate surface area is 351 Å². The summed E-state index contributed by atoms with van der Waals surface area (Å²) in [5.41, 5.74) is 3.67. The van der Waals surface area contributed by atoms with Gasteiger partial charge in [0.2, 0.25) is 0 Å². The van der Waals surface area contributed by atoms with E-state index in [1.54, 1.807) is 30.7 Å². The van der Waals surface area contributed by atoms with Crippen molar-refractivity contribution >= 4 is 103 Å². The first-order valence-corrected chi connectivity index (χ1v) is 20.2. The van der Waals surface area contributed by atoms with E-state index >= 15 is 0 Å². The number of amides is 2. The predicted octanol–water partition coefficient (Wildman–Crippen LogP) is 9.17. The van der Waals surface area contributed by atoms with Gasteiger partial charge in [0.15, 0.2) is 10.3 Å². The molecule has 15 nitrogen and oxygen atoms in total. The molecule has 0 saturated heterocycles. The van der Waals surface area contributed by atoms with E-state index in [9.17, 15) is 9.59 Å². The van der Waals surface area contributed by atoms with Gasteiger partial charge in [0, 0.05) is 24.9 Å². The molecular formula is C39H36Cl2N12O3S2. The van der Waals surface area contributed by atoms with Crippen LogP contribution in [0.3, 0.4) is 0 Å². The third kappa shape index (κ3) is 10.4. The zero-order chi connectivity index (χ0) is 40.4. The van der Waals surface area contributed by atoms with Gasteiger partial charge in [-0.05, 0) is 61.4 Å². The van der Waals surface area contributed by atoms with Crippen molar-refractivity contribution in [1.29, 1.82) is 0 Å². The van der Waals surface area contributed by atoms with Crippen LogP contribution in [0.1, 0.15) is 36.2 Å². The van der Waals surface area contributed by atoms with Crippen LogP contribution >= 0.6 is 45.9 Å². The monoisotopic (exact) mass is 854 g/mol. The Hall–Kier alpha value is -6.27. The van der Waals surface area contributed by atoms with Gasteiger partial charge in [-0.25, -0.2) is 24.9 Å². The van der Waals surface area contributed by atoms with Gasteiger partial charge in [0.25, 0.3) is 11.8 Å². The molecule has 2 aromatic carbocycles. The number of aromatic nitrogens is 6. The Morgan fingerprint density at radius 1 is 0.707 bits per heavy atom. The zero-order valence-corrected chi connectivity index (χ0v) is 34.2. The highest BCUT2D eigenvalue weighted by molar-refractivity contribution is 7.18. The molecule has 58 heavy (non-hydrogen) atoms. The lowest BCUT2D eigenvalue weighted by Gasteiger charge is -2.15. The van der Waals surface area contributed by atoms with E-state index in [0.29, 0.717) is 78.5 Å². The van der Waals surface area contributed by atoms with Crippen molar-refractivity contribution < 1.29 is 14.3 Å². The van der Waals surface area contributed by atoms with Crippen molar-refractivity contribution in [1.82, 2.24) is 29.9 Å². The number of carbonyl (C=O) groups excluding carboxylic acids is 2. The highest BCUT2D eigenvalue weighted by Crippen LogP contribution is 2.36. The summed E-state index contributed by atoms with van der Waals surface area (Å²) in [6.07, 6.45) is 7.22. The number of ether oxygens (including phenoxy) is 1. The Bertz CT molecular complexity index is 2510. The average Bonchev–Trinajstić information content (AvgIpc) is 4.01. The second-order valence-electron chi connectivity index (χ2n) is 12.6. The summed E-state index contributed by atoms with van der Waals surface area (Å²) in [7, 11) is 0. The molecule has 0 radical (unpaired) electrons. The Morgan fingerprint density at radius 2 is 1.29 bits per heavy atom. The number of para-hydroxylation sites is 1. The Kier molecular flexibility index (Phi) is 12.9. The normalized spacial score (nSPS) is 10.8. The molecule has 7 rings (SSSR count). The molecule has 0 atom stereocenters. The topological polar surface area (TPSA) is 196 Å². The lowest BCUT2D eigenvalue weighted by Crippen LogP contribution is -2.14. The summed E-state index contributed by atoms with van der Waals surface area (Å²) in [5, 5.41) is 20.4. The molecule has 0 spiro atoms. The van der Waals surface area contributed by atoms with Gasteiger partial charge in [0.05, 0.1) is 41.7 Å². The lowest BCUT2D eigenvalue weighted by molar-refractivity contribution is 0.102. The summed E-state index contributed by atoms with van der Waals surface area (Å²) in [6, 6.07) is 20.1. The van der Waals surface area contributed by atoms with E-state index < -0.39 is 0 Å². The van der Waals surface area contributed by atoms with Gasteiger partial charge in [0.1, 0.15) is 50.4 Å². The highest BCUT2D eigenvalue weighted by atomic mass is 35.5. The molecule has 0 saturated carbocycles.